The highest BCUT2D eigenvalue weighted by Gasteiger charge is 2.15. The topological polar surface area (TPSA) is 45.4 Å². The maximum absolute atomic E-state index is 9.85. The fourth-order valence-corrected chi connectivity index (χ4v) is 3.62. The Morgan fingerprint density at radius 1 is 1.44 bits per heavy atom. The molecular weight excluding hydrogens is 246 g/mol. The minimum atomic E-state index is -0.563. The van der Waals surface area contributed by atoms with Gasteiger partial charge < -0.3 is 14.8 Å². The average Bonchev–Trinajstić information content (AvgIpc) is 3.05. The molecule has 96 valence electrons. The van der Waals surface area contributed by atoms with Crippen LogP contribution in [-0.4, -0.2) is 11.7 Å². The van der Waals surface area contributed by atoms with Crippen molar-refractivity contribution in [3.05, 3.63) is 45.5 Å². The number of hydrogen-bond donors (Lipinski definition) is 2. The zero-order chi connectivity index (χ0) is 12.4. The fraction of sp³-hybridized carbons (Fsp3) is 0.429. The van der Waals surface area contributed by atoms with Gasteiger partial charge in [0.1, 0.15) is 11.9 Å². The molecule has 0 saturated carbocycles. The smallest absolute Gasteiger partial charge is 0.133 e. The molecule has 0 saturated heterocycles. The Hall–Kier alpha value is -1.10. The van der Waals surface area contributed by atoms with E-state index < -0.39 is 6.10 Å². The quantitative estimate of drug-likeness (QED) is 0.871. The molecule has 3 rings (SSSR count). The van der Waals surface area contributed by atoms with Crippen LogP contribution < -0.4 is 5.32 Å². The summed E-state index contributed by atoms with van der Waals surface area (Å²) in [6.07, 6.45) is 4.82. The summed E-state index contributed by atoms with van der Waals surface area (Å²) in [5, 5.41) is 13.1. The molecule has 0 bridgehead atoms. The van der Waals surface area contributed by atoms with Gasteiger partial charge in [-0.3, -0.25) is 0 Å². The SMILES string of the molecule is OC(CNCc1cc2c(s1)CCC2)c1ccco1. The molecule has 1 aliphatic carbocycles. The minimum absolute atomic E-state index is 0.524. The Balaban J connectivity index is 1.49. The first-order valence-corrected chi connectivity index (χ1v) is 7.17. The summed E-state index contributed by atoms with van der Waals surface area (Å²) in [6.45, 7) is 1.35. The number of aliphatic hydroxyl groups is 1. The van der Waals surface area contributed by atoms with E-state index in [1.54, 1.807) is 23.3 Å². The summed E-state index contributed by atoms with van der Waals surface area (Å²) in [6, 6.07) is 5.90. The van der Waals surface area contributed by atoms with E-state index in [2.05, 4.69) is 11.4 Å². The van der Waals surface area contributed by atoms with E-state index in [-0.39, 0.29) is 0 Å². The van der Waals surface area contributed by atoms with Crippen molar-refractivity contribution >= 4 is 11.3 Å². The van der Waals surface area contributed by atoms with Crippen LogP contribution in [0.15, 0.2) is 28.9 Å². The maximum Gasteiger partial charge on any atom is 0.133 e. The highest BCUT2D eigenvalue weighted by atomic mass is 32.1. The van der Waals surface area contributed by atoms with Gasteiger partial charge in [0, 0.05) is 22.8 Å². The lowest BCUT2D eigenvalue weighted by Gasteiger charge is -2.08. The molecule has 0 aliphatic heterocycles. The molecule has 18 heavy (non-hydrogen) atoms. The summed E-state index contributed by atoms with van der Waals surface area (Å²) in [5.41, 5.74) is 1.53. The van der Waals surface area contributed by atoms with E-state index in [0.29, 0.717) is 12.3 Å². The molecule has 1 atom stereocenters. The second-order valence-electron chi connectivity index (χ2n) is 4.68. The van der Waals surface area contributed by atoms with Gasteiger partial charge in [0.05, 0.1) is 6.26 Å². The Morgan fingerprint density at radius 2 is 2.39 bits per heavy atom. The van der Waals surface area contributed by atoms with Crippen molar-refractivity contribution in [1.82, 2.24) is 5.32 Å². The lowest BCUT2D eigenvalue weighted by Crippen LogP contribution is -2.20. The molecule has 3 nitrogen and oxygen atoms in total. The second-order valence-corrected chi connectivity index (χ2v) is 5.90. The molecule has 2 aromatic heterocycles. The lowest BCUT2D eigenvalue weighted by atomic mass is 10.2. The number of hydrogen-bond acceptors (Lipinski definition) is 4. The van der Waals surface area contributed by atoms with Crippen molar-refractivity contribution in [2.24, 2.45) is 0 Å². The van der Waals surface area contributed by atoms with Crippen molar-refractivity contribution in [1.29, 1.82) is 0 Å². The Labute approximate surface area is 110 Å². The largest absolute Gasteiger partial charge is 0.467 e. The van der Waals surface area contributed by atoms with Gasteiger partial charge in [0.2, 0.25) is 0 Å². The van der Waals surface area contributed by atoms with Crippen molar-refractivity contribution in [2.45, 2.75) is 31.9 Å². The number of fused-ring (bicyclic) bond motifs is 1. The molecule has 0 fully saturated rings. The van der Waals surface area contributed by atoms with Crippen molar-refractivity contribution in [3.63, 3.8) is 0 Å². The molecule has 2 N–H and O–H groups in total. The van der Waals surface area contributed by atoms with Gasteiger partial charge in [-0.25, -0.2) is 0 Å². The molecule has 0 spiro atoms. The second kappa shape index (κ2) is 5.26. The number of nitrogens with one attached hydrogen (secondary N) is 1. The van der Waals surface area contributed by atoms with Crippen LogP contribution in [0.1, 0.15) is 33.6 Å². The van der Waals surface area contributed by atoms with E-state index in [1.807, 2.05) is 11.3 Å². The molecule has 4 heteroatoms. The first kappa shape index (κ1) is 12.0. The van der Waals surface area contributed by atoms with E-state index in [1.165, 1.54) is 29.7 Å². The third-order valence-electron chi connectivity index (χ3n) is 3.31. The fourth-order valence-electron chi connectivity index (χ4n) is 2.39. The highest BCUT2D eigenvalue weighted by molar-refractivity contribution is 7.12. The van der Waals surface area contributed by atoms with Gasteiger partial charge in [0.25, 0.3) is 0 Å². The third kappa shape index (κ3) is 2.51. The number of aliphatic hydroxyl groups excluding tert-OH is 1. The lowest BCUT2D eigenvalue weighted by molar-refractivity contribution is 0.147. The molecule has 0 amide bonds. The first-order chi connectivity index (χ1) is 8.83. The van der Waals surface area contributed by atoms with Gasteiger partial charge in [-0.15, -0.1) is 11.3 Å². The summed E-state index contributed by atoms with van der Waals surface area (Å²) >= 11 is 1.90. The molecule has 0 aromatic carbocycles. The van der Waals surface area contributed by atoms with E-state index in [4.69, 9.17) is 4.42 Å². The summed E-state index contributed by atoms with van der Waals surface area (Å²) in [4.78, 5) is 2.92. The average molecular weight is 263 g/mol. The van der Waals surface area contributed by atoms with Gasteiger partial charge in [0.15, 0.2) is 0 Å². The zero-order valence-electron chi connectivity index (χ0n) is 10.2. The summed E-state index contributed by atoms with van der Waals surface area (Å²) < 4.78 is 5.16. The first-order valence-electron chi connectivity index (χ1n) is 6.35. The number of furan rings is 1. The van der Waals surface area contributed by atoms with Crippen molar-refractivity contribution < 1.29 is 9.52 Å². The van der Waals surface area contributed by atoms with Crippen molar-refractivity contribution in [3.8, 4) is 0 Å². The van der Waals surface area contributed by atoms with Gasteiger partial charge in [-0.05, 0) is 43.0 Å². The molecule has 2 heterocycles. The van der Waals surface area contributed by atoms with Crippen LogP contribution in [0.2, 0.25) is 0 Å². The van der Waals surface area contributed by atoms with Crippen LogP contribution in [0.25, 0.3) is 0 Å². The minimum Gasteiger partial charge on any atom is -0.467 e. The zero-order valence-corrected chi connectivity index (χ0v) is 11.0. The Bertz CT molecular complexity index is 482. The summed E-state index contributed by atoms with van der Waals surface area (Å²) in [7, 11) is 0. The number of thiophene rings is 1. The predicted molar refractivity (Wildman–Crippen MR) is 71.7 cm³/mol. The number of rotatable bonds is 5. The van der Waals surface area contributed by atoms with Crippen LogP contribution in [0.3, 0.4) is 0 Å². The van der Waals surface area contributed by atoms with Crippen molar-refractivity contribution in [2.75, 3.05) is 6.54 Å². The molecule has 1 aliphatic rings. The maximum atomic E-state index is 9.85. The predicted octanol–water partition coefficient (Wildman–Crippen LogP) is 2.65. The molecule has 1 unspecified atom stereocenters. The van der Waals surface area contributed by atoms with Gasteiger partial charge in [-0.1, -0.05) is 0 Å². The standard InChI is InChI=1S/C14H17NO2S/c16-12(13-4-2-6-17-13)9-15-8-11-7-10-3-1-5-14(10)18-11/h2,4,6-7,12,15-16H,1,3,5,8-9H2. The monoisotopic (exact) mass is 263 g/mol. The van der Waals surface area contributed by atoms with Crippen LogP contribution in [-0.2, 0) is 19.4 Å². The van der Waals surface area contributed by atoms with E-state index in [9.17, 15) is 5.11 Å². The normalized spacial score (nSPS) is 15.8. The Morgan fingerprint density at radius 3 is 3.17 bits per heavy atom. The number of aryl methyl sites for hydroxylation is 2. The van der Waals surface area contributed by atoms with Gasteiger partial charge >= 0.3 is 0 Å². The van der Waals surface area contributed by atoms with E-state index >= 15 is 0 Å². The van der Waals surface area contributed by atoms with Crippen LogP contribution in [0, 0.1) is 0 Å². The third-order valence-corrected chi connectivity index (χ3v) is 4.54. The van der Waals surface area contributed by atoms with E-state index in [0.717, 1.165) is 6.54 Å². The Kier molecular flexibility index (Phi) is 3.50. The van der Waals surface area contributed by atoms with Crippen LogP contribution in [0.4, 0.5) is 0 Å². The molecule has 2 aromatic rings. The van der Waals surface area contributed by atoms with Crippen LogP contribution >= 0.6 is 11.3 Å². The van der Waals surface area contributed by atoms with Crippen LogP contribution in [0.5, 0.6) is 0 Å². The highest BCUT2D eigenvalue weighted by Crippen LogP contribution is 2.30. The van der Waals surface area contributed by atoms with Gasteiger partial charge in [-0.2, -0.15) is 0 Å². The molecule has 0 radical (unpaired) electrons. The summed E-state index contributed by atoms with van der Waals surface area (Å²) in [5.74, 6) is 0.621. The molecular formula is C14H17NO2S.